The average molecular weight is 510 g/mol. The minimum atomic E-state index is -0.927. The third-order valence-electron chi connectivity index (χ3n) is 6.31. The van der Waals surface area contributed by atoms with Crippen molar-refractivity contribution >= 4 is 28.9 Å². The topological polar surface area (TPSA) is 111 Å². The number of nitrogens with zero attached hydrogens (tertiary/aromatic N) is 2. The van der Waals surface area contributed by atoms with Gasteiger partial charge in [0.1, 0.15) is 17.6 Å². The molecular weight excluding hydrogens is 488 g/mol. The second-order valence-electron chi connectivity index (χ2n) is 8.72. The first-order valence-corrected chi connectivity index (χ1v) is 11.8. The van der Waals surface area contributed by atoms with Gasteiger partial charge in [-0.1, -0.05) is 18.0 Å². The highest BCUT2D eigenvalue weighted by atomic mass is 35.5. The van der Waals surface area contributed by atoms with E-state index in [4.69, 9.17) is 17.3 Å². The van der Waals surface area contributed by atoms with Crippen molar-refractivity contribution in [2.45, 2.75) is 31.6 Å². The van der Waals surface area contributed by atoms with Gasteiger partial charge in [-0.2, -0.15) is 4.73 Å². The lowest BCUT2D eigenvalue weighted by Crippen LogP contribution is -2.34. The number of aromatic amines is 1. The number of carbonyl (C=O) groups is 1. The van der Waals surface area contributed by atoms with Crippen LogP contribution in [0.5, 0.6) is 0 Å². The Hall–Kier alpha value is -3.98. The summed E-state index contributed by atoms with van der Waals surface area (Å²) in [6.45, 7) is 0. The first kappa shape index (κ1) is 23.7. The van der Waals surface area contributed by atoms with Crippen molar-refractivity contribution in [3.05, 3.63) is 88.2 Å². The first-order chi connectivity index (χ1) is 17.3. The predicted octanol–water partition coefficient (Wildman–Crippen LogP) is 5.54. The summed E-state index contributed by atoms with van der Waals surface area (Å²) in [4.78, 5) is 20.3. The maximum Gasteiger partial charge on any atom is 0.224 e. The molecule has 7 nitrogen and oxygen atoms in total. The molecule has 1 aliphatic rings. The van der Waals surface area contributed by atoms with Crippen LogP contribution < -0.4 is 15.8 Å². The van der Waals surface area contributed by atoms with Crippen LogP contribution in [0.15, 0.2) is 54.9 Å². The quantitative estimate of drug-likeness (QED) is 0.143. The van der Waals surface area contributed by atoms with E-state index >= 15 is 0 Å². The Morgan fingerprint density at radius 2 is 1.97 bits per heavy atom. The highest BCUT2D eigenvalue weighted by Crippen LogP contribution is 2.35. The number of benzene rings is 2. The summed E-state index contributed by atoms with van der Waals surface area (Å²) in [7, 11) is 0. The van der Waals surface area contributed by atoms with Gasteiger partial charge in [0.25, 0.3) is 0 Å². The number of rotatable bonds is 2. The third kappa shape index (κ3) is 4.49. The van der Waals surface area contributed by atoms with Gasteiger partial charge in [-0.3, -0.25) is 4.79 Å². The van der Waals surface area contributed by atoms with E-state index in [-0.39, 0.29) is 22.1 Å². The number of pyridine rings is 1. The maximum atomic E-state index is 14.5. The number of hydrogen-bond acceptors (Lipinski definition) is 4. The number of fused-ring (bicyclic) bond motifs is 4. The minimum absolute atomic E-state index is 0.0720. The van der Waals surface area contributed by atoms with Gasteiger partial charge >= 0.3 is 0 Å². The molecule has 184 valence electrons. The van der Waals surface area contributed by atoms with Crippen LogP contribution in [-0.2, 0) is 4.79 Å². The Morgan fingerprint density at radius 3 is 2.78 bits per heavy atom. The van der Waals surface area contributed by atoms with Crippen molar-refractivity contribution in [3.8, 4) is 22.4 Å². The van der Waals surface area contributed by atoms with E-state index in [1.54, 1.807) is 30.5 Å². The van der Waals surface area contributed by atoms with Crippen molar-refractivity contribution in [1.82, 2.24) is 9.97 Å². The smallest absolute Gasteiger partial charge is 0.224 e. The molecule has 10 heteroatoms. The van der Waals surface area contributed by atoms with Crippen LogP contribution >= 0.6 is 11.6 Å². The van der Waals surface area contributed by atoms with E-state index in [0.29, 0.717) is 64.6 Å². The maximum absolute atomic E-state index is 14.5. The molecule has 4 N–H and O–H groups in total. The Labute approximate surface area is 210 Å². The lowest BCUT2D eigenvalue weighted by Gasteiger charge is -2.17. The van der Waals surface area contributed by atoms with Gasteiger partial charge in [0.05, 0.1) is 33.7 Å². The van der Waals surface area contributed by atoms with Crippen molar-refractivity contribution in [1.29, 1.82) is 0 Å². The molecule has 1 amide bonds. The second-order valence-corrected chi connectivity index (χ2v) is 9.13. The summed E-state index contributed by atoms with van der Waals surface area (Å²) in [6, 6.07) is 10.4. The molecule has 2 aromatic carbocycles. The molecule has 0 fully saturated rings. The van der Waals surface area contributed by atoms with Crippen molar-refractivity contribution < 1.29 is 18.3 Å². The molecule has 1 atom stereocenters. The SMILES string of the molecule is Nc1ccc2c(c1)NC(=O)CCCCC(c1ccc(-c3c(F)ccc(Cl)c3F)c[n+]1[O-])c1ncc-2[nH]1. The van der Waals surface area contributed by atoms with Gasteiger partial charge in [0, 0.05) is 23.7 Å². The van der Waals surface area contributed by atoms with Gasteiger partial charge in [0.15, 0.2) is 12.0 Å². The summed E-state index contributed by atoms with van der Waals surface area (Å²) in [5.74, 6) is -1.74. The molecular formula is C26H22ClF2N5O2. The fraction of sp³-hybridized carbons (Fsp3) is 0.192. The fourth-order valence-corrected chi connectivity index (χ4v) is 4.68. The number of nitrogen functional groups attached to an aromatic ring is 1. The molecule has 1 unspecified atom stereocenters. The number of H-pyrrole nitrogens is 1. The lowest BCUT2D eigenvalue weighted by molar-refractivity contribution is -0.614. The molecule has 4 aromatic rings. The number of halogens is 3. The zero-order chi connectivity index (χ0) is 25.4. The number of aromatic nitrogens is 3. The summed E-state index contributed by atoms with van der Waals surface area (Å²) in [6.07, 6.45) is 4.88. The second kappa shape index (κ2) is 9.58. The van der Waals surface area contributed by atoms with Gasteiger partial charge in [-0.05, 0) is 49.2 Å². The number of imidazole rings is 1. The summed E-state index contributed by atoms with van der Waals surface area (Å²) < 4.78 is 29.5. The van der Waals surface area contributed by atoms with Crippen molar-refractivity contribution in [2.75, 3.05) is 11.1 Å². The Bertz CT molecular complexity index is 1470. The highest BCUT2D eigenvalue weighted by Gasteiger charge is 2.27. The predicted molar refractivity (Wildman–Crippen MR) is 133 cm³/mol. The summed E-state index contributed by atoms with van der Waals surface area (Å²) >= 11 is 5.82. The fourth-order valence-electron chi connectivity index (χ4n) is 4.52. The Kier molecular flexibility index (Phi) is 6.32. The van der Waals surface area contributed by atoms with Crippen LogP contribution in [0.25, 0.3) is 22.4 Å². The van der Waals surface area contributed by atoms with Crippen LogP contribution in [0.3, 0.4) is 0 Å². The number of carbonyl (C=O) groups excluding carboxylic acids is 1. The average Bonchev–Trinajstić information content (AvgIpc) is 3.32. The van der Waals surface area contributed by atoms with Crippen LogP contribution in [-0.4, -0.2) is 15.9 Å². The van der Waals surface area contributed by atoms with Gasteiger partial charge in [-0.15, -0.1) is 0 Å². The van der Waals surface area contributed by atoms with E-state index in [1.807, 2.05) is 0 Å². The lowest BCUT2D eigenvalue weighted by atomic mass is 9.95. The standard InChI is InChI=1S/C26H22ClF2N5O2/c27-18-8-9-19(28)24(25(18)29)14-5-10-22(34(36)13-14)17-3-1-2-4-23(35)32-20-11-15(30)6-7-16(20)21-12-31-26(17)33-21/h5-13,17H,1-4,30H2,(H,31,33)(H,32,35). The van der Waals surface area contributed by atoms with E-state index in [0.717, 1.165) is 18.3 Å². The van der Waals surface area contributed by atoms with Gasteiger partial charge in [-0.25, -0.2) is 13.8 Å². The highest BCUT2D eigenvalue weighted by molar-refractivity contribution is 6.31. The van der Waals surface area contributed by atoms with Gasteiger partial charge < -0.3 is 21.2 Å². The van der Waals surface area contributed by atoms with E-state index in [9.17, 15) is 18.8 Å². The molecule has 2 aromatic heterocycles. The molecule has 36 heavy (non-hydrogen) atoms. The van der Waals surface area contributed by atoms with E-state index in [2.05, 4.69) is 15.3 Å². The molecule has 2 bridgehead atoms. The van der Waals surface area contributed by atoms with Crippen LogP contribution in [0, 0.1) is 16.8 Å². The number of nitrogens with two attached hydrogens (primary N) is 1. The summed E-state index contributed by atoms with van der Waals surface area (Å²) in [5, 5.41) is 15.8. The normalized spacial score (nSPS) is 16.0. The largest absolute Gasteiger partial charge is 0.618 e. The zero-order valence-electron chi connectivity index (χ0n) is 19.0. The molecule has 0 saturated carbocycles. The summed E-state index contributed by atoms with van der Waals surface area (Å²) in [5.41, 5.74) is 8.45. The molecule has 5 rings (SSSR count). The monoisotopic (exact) mass is 509 g/mol. The third-order valence-corrected chi connectivity index (χ3v) is 6.61. The van der Waals surface area contributed by atoms with Crippen LogP contribution in [0.1, 0.15) is 43.1 Å². The zero-order valence-corrected chi connectivity index (χ0v) is 19.8. The molecule has 3 heterocycles. The van der Waals surface area contributed by atoms with Crippen LogP contribution in [0.2, 0.25) is 5.02 Å². The molecule has 0 aliphatic carbocycles. The Balaban J connectivity index is 1.56. The van der Waals surface area contributed by atoms with Crippen LogP contribution in [0.4, 0.5) is 20.2 Å². The van der Waals surface area contributed by atoms with Gasteiger partial charge in [0.2, 0.25) is 11.6 Å². The number of hydrogen-bond donors (Lipinski definition) is 3. The first-order valence-electron chi connectivity index (χ1n) is 11.4. The number of amides is 1. The van der Waals surface area contributed by atoms with Crippen molar-refractivity contribution in [2.24, 2.45) is 0 Å². The Morgan fingerprint density at radius 1 is 1.14 bits per heavy atom. The van der Waals surface area contributed by atoms with Crippen molar-refractivity contribution in [3.63, 3.8) is 0 Å². The molecule has 0 radical (unpaired) electrons. The number of nitrogens with one attached hydrogen (secondary N) is 2. The molecule has 0 saturated heterocycles. The minimum Gasteiger partial charge on any atom is -0.618 e. The van der Waals surface area contributed by atoms with E-state index in [1.165, 1.54) is 6.07 Å². The molecule has 1 aliphatic heterocycles. The molecule has 0 spiro atoms. The number of anilines is 2. The van der Waals surface area contributed by atoms with E-state index < -0.39 is 17.6 Å².